The van der Waals surface area contributed by atoms with E-state index in [0.29, 0.717) is 29.7 Å². The lowest BCUT2D eigenvalue weighted by molar-refractivity contribution is 0.384. The van der Waals surface area contributed by atoms with Crippen LogP contribution in [0.15, 0.2) is 21.5 Å². The van der Waals surface area contributed by atoms with E-state index >= 15 is 0 Å². The Balaban J connectivity index is 0.00000400. The lowest BCUT2D eigenvalue weighted by atomic mass is 10.3. The Morgan fingerprint density at radius 2 is 1.81 bits per heavy atom. The summed E-state index contributed by atoms with van der Waals surface area (Å²) in [7, 11) is -0.721. The van der Waals surface area contributed by atoms with Crippen molar-refractivity contribution in [1.82, 2.24) is 4.72 Å². The second-order valence-electron chi connectivity index (χ2n) is 4.03. The predicted molar refractivity (Wildman–Crippen MR) is 88.0 cm³/mol. The first-order chi connectivity index (χ1) is 9.46. The topological polar surface area (TPSA) is 90.6 Å². The fourth-order valence-corrected chi connectivity index (χ4v) is 3.50. The normalized spacial score (nSPS) is 10.9. The molecule has 1 aromatic rings. The zero-order valence-corrected chi connectivity index (χ0v) is 15.1. The summed E-state index contributed by atoms with van der Waals surface area (Å²) in [5.74, 6) is 0.736. The Labute approximate surface area is 140 Å². The summed E-state index contributed by atoms with van der Waals surface area (Å²) < 4.78 is 37.8. The standard InChI is InChI=1S/C12H19BrN2O4S.ClH/c1-18-10-8-11(19-2)12(7-9(10)13)20(16,17)15-6-4-3-5-14;/h7-8,15H,3-6,14H2,1-2H3;1H. The zero-order valence-electron chi connectivity index (χ0n) is 11.9. The summed E-state index contributed by atoms with van der Waals surface area (Å²) in [5.41, 5.74) is 5.37. The number of nitrogens with one attached hydrogen (secondary N) is 1. The van der Waals surface area contributed by atoms with E-state index in [9.17, 15) is 8.42 Å². The maximum absolute atomic E-state index is 12.2. The van der Waals surface area contributed by atoms with Crippen LogP contribution in [0.5, 0.6) is 11.5 Å². The van der Waals surface area contributed by atoms with Crippen LogP contribution in [0.1, 0.15) is 12.8 Å². The number of rotatable bonds is 8. The Morgan fingerprint density at radius 3 is 2.33 bits per heavy atom. The van der Waals surface area contributed by atoms with Gasteiger partial charge in [-0.15, -0.1) is 12.4 Å². The van der Waals surface area contributed by atoms with Crippen LogP contribution in [0.25, 0.3) is 0 Å². The Bertz CT molecular complexity index is 554. The largest absolute Gasteiger partial charge is 0.495 e. The number of hydrogen-bond donors (Lipinski definition) is 2. The summed E-state index contributed by atoms with van der Waals surface area (Å²) in [6.07, 6.45) is 1.46. The molecule has 1 rings (SSSR count). The molecule has 0 aliphatic rings. The monoisotopic (exact) mass is 402 g/mol. The molecule has 0 spiro atoms. The molecule has 0 amide bonds. The molecular formula is C12H20BrClN2O4S. The van der Waals surface area contributed by atoms with Gasteiger partial charge in [0.2, 0.25) is 10.0 Å². The highest BCUT2D eigenvalue weighted by Gasteiger charge is 2.21. The van der Waals surface area contributed by atoms with E-state index in [4.69, 9.17) is 15.2 Å². The number of halogens is 2. The average molecular weight is 404 g/mol. The van der Waals surface area contributed by atoms with Gasteiger partial charge in [-0.1, -0.05) is 0 Å². The molecule has 0 aliphatic heterocycles. The van der Waals surface area contributed by atoms with Crippen molar-refractivity contribution < 1.29 is 17.9 Å². The SMILES string of the molecule is COc1cc(OC)c(S(=O)(=O)NCCCCN)cc1Br.Cl. The summed E-state index contributed by atoms with van der Waals surface area (Å²) >= 11 is 3.27. The molecule has 0 aliphatic carbocycles. The minimum absolute atomic E-state index is 0. The summed E-state index contributed by atoms with van der Waals surface area (Å²) in [5, 5.41) is 0. The van der Waals surface area contributed by atoms with Crippen molar-refractivity contribution in [1.29, 1.82) is 0 Å². The van der Waals surface area contributed by atoms with Crippen molar-refractivity contribution in [2.24, 2.45) is 5.73 Å². The maximum Gasteiger partial charge on any atom is 0.244 e. The Morgan fingerprint density at radius 1 is 1.19 bits per heavy atom. The average Bonchev–Trinajstić information content (AvgIpc) is 2.43. The third-order valence-electron chi connectivity index (χ3n) is 2.65. The summed E-state index contributed by atoms with van der Waals surface area (Å²) in [6.45, 7) is 0.880. The zero-order chi connectivity index (χ0) is 15.2. The number of ether oxygens (including phenoxy) is 2. The molecule has 1 aromatic carbocycles. The molecule has 21 heavy (non-hydrogen) atoms. The molecule has 0 fully saturated rings. The van der Waals surface area contributed by atoms with Crippen LogP contribution >= 0.6 is 28.3 Å². The van der Waals surface area contributed by atoms with Gasteiger partial charge in [0.05, 0.1) is 18.7 Å². The first kappa shape index (κ1) is 20.5. The van der Waals surface area contributed by atoms with E-state index < -0.39 is 10.0 Å². The number of unbranched alkanes of at least 4 members (excludes halogenated alkanes) is 1. The first-order valence-corrected chi connectivity index (χ1v) is 8.35. The summed E-state index contributed by atoms with van der Waals surface area (Å²) in [4.78, 5) is 0.0698. The van der Waals surface area contributed by atoms with Gasteiger partial charge >= 0.3 is 0 Å². The number of sulfonamides is 1. The molecule has 0 aromatic heterocycles. The van der Waals surface area contributed by atoms with Crippen molar-refractivity contribution in [3.8, 4) is 11.5 Å². The highest BCUT2D eigenvalue weighted by molar-refractivity contribution is 9.10. The van der Waals surface area contributed by atoms with E-state index in [1.54, 1.807) is 0 Å². The van der Waals surface area contributed by atoms with Crippen molar-refractivity contribution in [3.63, 3.8) is 0 Å². The molecule has 0 heterocycles. The summed E-state index contributed by atoms with van der Waals surface area (Å²) in [6, 6.07) is 2.99. The molecule has 0 saturated heterocycles. The molecule has 9 heteroatoms. The van der Waals surface area contributed by atoms with Crippen molar-refractivity contribution in [3.05, 3.63) is 16.6 Å². The first-order valence-electron chi connectivity index (χ1n) is 6.07. The van der Waals surface area contributed by atoms with Gasteiger partial charge in [-0.05, 0) is 41.4 Å². The van der Waals surface area contributed by atoms with Gasteiger partial charge in [0.15, 0.2) is 0 Å². The van der Waals surface area contributed by atoms with Crippen LogP contribution in [-0.4, -0.2) is 35.7 Å². The molecule has 0 saturated carbocycles. The Hall–Kier alpha value is -0.540. The van der Waals surface area contributed by atoms with Crippen LogP contribution in [0.4, 0.5) is 0 Å². The van der Waals surface area contributed by atoms with Crippen LogP contribution < -0.4 is 19.9 Å². The van der Waals surface area contributed by atoms with Gasteiger partial charge in [0.1, 0.15) is 16.4 Å². The lowest BCUT2D eigenvalue weighted by Crippen LogP contribution is -2.25. The third kappa shape index (κ3) is 5.63. The molecular weight excluding hydrogens is 384 g/mol. The number of benzene rings is 1. The van der Waals surface area contributed by atoms with Crippen molar-refractivity contribution >= 4 is 38.4 Å². The highest BCUT2D eigenvalue weighted by Crippen LogP contribution is 2.35. The van der Waals surface area contributed by atoms with Crippen molar-refractivity contribution in [2.75, 3.05) is 27.3 Å². The number of nitrogens with two attached hydrogens (primary N) is 1. The van der Waals surface area contributed by atoms with Gasteiger partial charge in [-0.2, -0.15) is 0 Å². The third-order valence-corrected chi connectivity index (χ3v) is 4.75. The minimum atomic E-state index is -3.63. The molecule has 6 nitrogen and oxygen atoms in total. The van der Waals surface area contributed by atoms with Gasteiger partial charge in [0, 0.05) is 12.6 Å². The Kier molecular flexibility index (Phi) is 9.23. The number of methoxy groups -OCH3 is 2. The second kappa shape index (κ2) is 9.47. The molecule has 0 atom stereocenters. The van der Waals surface area contributed by atoms with Gasteiger partial charge in [-0.25, -0.2) is 13.1 Å². The number of hydrogen-bond acceptors (Lipinski definition) is 5. The van der Waals surface area contributed by atoms with Gasteiger partial charge < -0.3 is 15.2 Å². The van der Waals surface area contributed by atoms with Gasteiger partial charge in [-0.3, -0.25) is 0 Å². The predicted octanol–water partition coefficient (Wildman–Crippen LogP) is 1.91. The molecule has 0 unspecified atom stereocenters. The highest BCUT2D eigenvalue weighted by atomic mass is 79.9. The van der Waals surface area contributed by atoms with E-state index in [0.717, 1.165) is 6.42 Å². The van der Waals surface area contributed by atoms with E-state index in [1.807, 2.05) is 0 Å². The van der Waals surface area contributed by atoms with Crippen LogP contribution in [-0.2, 0) is 10.0 Å². The van der Waals surface area contributed by atoms with E-state index in [-0.39, 0.29) is 23.1 Å². The quantitative estimate of drug-likeness (QED) is 0.647. The van der Waals surface area contributed by atoms with Crippen LogP contribution in [0.2, 0.25) is 0 Å². The molecule has 3 N–H and O–H groups in total. The smallest absolute Gasteiger partial charge is 0.244 e. The van der Waals surface area contributed by atoms with Crippen molar-refractivity contribution in [2.45, 2.75) is 17.7 Å². The molecule has 0 radical (unpaired) electrons. The van der Waals surface area contributed by atoms with Crippen LogP contribution in [0, 0.1) is 0 Å². The molecule has 122 valence electrons. The van der Waals surface area contributed by atoms with Crippen LogP contribution in [0.3, 0.4) is 0 Å². The lowest BCUT2D eigenvalue weighted by Gasteiger charge is -2.13. The van der Waals surface area contributed by atoms with E-state index in [1.165, 1.54) is 26.4 Å². The maximum atomic E-state index is 12.2. The fraction of sp³-hybridized carbons (Fsp3) is 0.500. The fourth-order valence-electron chi connectivity index (χ4n) is 1.60. The van der Waals surface area contributed by atoms with E-state index in [2.05, 4.69) is 20.7 Å². The molecule has 0 bridgehead atoms. The second-order valence-corrected chi connectivity index (χ2v) is 6.62. The minimum Gasteiger partial charge on any atom is -0.495 e. The van der Waals surface area contributed by atoms with Gasteiger partial charge in [0.25, 0.3) is 0 Å².